The van der Waals surface area contributed by atoms with Crippen LogP contribution in [0.4, 0.5) is 4.79 Å². The third-order valence-electron chi connectivity index (χ3n) is 7.82. The van der Waals surface area contributed by atoms with Gasteiger partial charge in [-0.25, -0.2) is 9.59 Å². The summed E-state index contributed by atoms with van der Waals surface area (Å²) in [4.78, 5) is 38.0. The number of amides is 1. The van der Waals surface area contributed by atoms with Crippen molar-refractivity contribution in [3.05, 3.63) is 91.3 Å². The highest BCUT2D eigenvalue weighted by atomic mass is 127. The molecule has 4 aromatic rings. The lowest BCUT2D eigenvalue weighted by molar-refractivity contribution is -0.304. The highest BCUT2D eigenvalue weighted by Gasteiger charge is 2.53. The van der Waals surface area contributed by atoms with Gasteiger partial charge in [-0.2, -0.15) is 0 Å². The van der Waals surface area contributed by atoms with Crippen molar-refractivity contribution in [3.8, 4) is 22.6 Å². The molecule has 5 rings (SSSR count). The third-order valence-corrected chi connectivity index (χ3v) is 8.76. The molecule has 1 aliphatic rings. The van der Waals surface area contributed by atoms with Gasteiger partial charge in [0.1, 0.15) is 23.2 Å². The zero-order valence-electron chi connectivity index (χ0n) is 24.9. The van der Waals surface area contributed by atoms with E-state index in [4.69, 9.17) is 29.1 Å². The SMILES string of the molecule is CO[C@@H]1[C@@H](OC(N)=O)[C@@H](O)[C@H](Oc2ccc3c(O)c(CC(=O)c4ccc(I)c(-c5ccccc5)c4)c(=O)oc3c2C)OC1(C)C. The Bertz CT molecular complexity index is 1820. The number of aliphatic hydroxyl groups excluding tert-OH is 1. The van der Waals surface area contributed by atoms with Gasteiger partial charge in [-0.1, -0.05) is 36.4 Å². The summed E-state index contributed by atoms with van der Waals surface area (Å²) >= 11 is 2.20. The zero-order chi connectivity index (χ0) is 32.6. The molecule has 1 aromatic heterocycles. The van der Waals surface area contributed by atoms with Crippen molar-refractivity contribution < 1.29 is 43.2 Å². The number of halogens is 1. The summed E-state index contributed by atoms with van der Waals surface area (Å²) in [7, 11) is 1.38. The van der Waals surface area contributed by atoms with Crippen LogP contribution in [0.5, 0.6) is 11.5 Å². The second kappa shape index (κ2) is 12.8. The number of Topliss-reactive ketones (excluding diaryl/α,β-unsaturated/α-hetero) is 1. The number of carbonyl (C=O) groups is 2. The highest BCUT2D eigenvalue weighted by molar-refractivity contribution is 14.1. The number of carbonyl (C=O) groups excluding carboxylic acids is 2. The summed E-state index contributed by atoms with van der Waals surface area (Å²) in [6, 6.07) is 17.9. The molecule has 1 saturated heterocycles. The van der Waals surface area contributed by atoms with Crippen LogP contribution in [-0.4, -0.2) is 59.4 Å². The fraction of sp³-hybridized carbons (Fsp3) is 0.303. The van der Waals surface area contributed by atoms with Crippen molar-refractivity contribution in [1.29, 1.82) is 0 Å². The number of nitrogens with two attached hydrogens (primary N) is 1. The first kappa shape index (κ1) is 32.4. The monoisotopic (exact) mass is 729 g/mol. The molecule has 0 bridgehead atoms. The van der Waals surface area contributed by atoms with E-state index in [2.05, 4.69) is 22.6 Å². The molecule has 0 spiro atoms. The zero-order valence-corrected chi connectivity index (χ0v) is 27.1. The Balaban J connectivity index is 1.43. The first-order valence-electron chi connectivity index (χ1n) is 14.0. The first-order valence-corrected chi connectivity index (χ1v) is 15.1. The van der Waals surface area contributed by atoms with Crippen LogP contribution in [0.15, 0.2) is 69.9 Å². The van der Waals surface area contributed by atoms with Gasteiger partial charge < -0.3 is 39.3 Å². The number of aryl methyl sites for hydroxylation is 1. The van der Waals surface area contributed by atoms with E-state index in [1.54, 1.807) is 32.9 Å². The molecule has 0 unspecified atom stereocenters. The van der Waals surface area contributed by atoms with E-state index in [9.17, 15) is 24.6 Å². The molecule has 0 aliphatic carbocycles. The number of fused-ring (bicyclic) bond motifs is 1. The minimum atomic E-state index is -1.50. The van der Waals surface area contributed by atoms with E-state index in [1.807, 2.05) is 36.4 Å². The molecule has 236 valence electrons. The quantitative estimate of drug-likeness (QED) is 0.130. The summed E-state index contributed by atoms with van der Waals surface area (Å²) in [5.41, 5.74) is 5.64. The van der Waals surface area contributed by atoms with Crippen molar-refractivity contribution in [3.63, 3.8) is 0 Å². The molecule has 4 N–H and O–H groups in total. The van der Waals surface area contributed by atoms with E-state index in [0.29, 0.717) is 11.1 Å². The maximum Gasteiger partial charge on any atom is 0.404 e. The Hall–Kier alpha value is -3.98. The minimum absolute atomic E-state index is 0.0242. The standard InChI is InChI=1S/C33H32INO10/c1-16-24(42-31-26(38)28(44-32(35)40)29(41-4)33(2,3)45-31)13-11-19-25(37)21(30(39)43-27(16)19)15-23(36)18-10-12-22(34)20(14-18)17-8-6-5-7-9-17/h5-14,26,28-29,31,37-38H,15H2,1-4H3,(H2,35,40)/t26-,28+,29-,31-/m1/s1. The maximum atomic E-state index is 13.3. The van der Waals surface area contributed by atoms with Gasteiger partial charge >= 0.3 is 11.7 Å². The number of hydrogen-bond donors (Lipinski definition) is 3. The molecule has 1 fully saturated rings. The average molecular weight is 730 g/mol. The molecule has 1 amide bonds. The van der Waals surface area contributed by atoms with Crippen LogP contribution < -0.4 is 16.1 Å². The lowest BCUT2D eigenvalue weighted by Gasteiger charge is -2.47. The number of rotatable bonds is 8. The van der Waals surface area contributed by atoms with E-state index in [1.165, 1.54) is 19.2 Å². The van der Waals surface area contributed by atoms with Gasteiger partial charge in [0.2, 0.25) is 6.29 Å². The Morgan fingerprint density at radius 1 is 1.09 bits per heavy atom. The number of methoxy groups -OCH3 is 1. The van der Waals surface area contributed by atoms with Crippen LogP contribution in [0.25, 0.3) is 22.1 Å². The Labute approximate surface area is 272 Å². The normalized spacial score (nSPS) is 20.9. The summed E-state index contributed by atoms with van der Waals surface area (Å²) < 4.78 is 29.1. The molecule has 3 aromatic carbocycles. The largest absolute Gasteiger partial charge is 0.507 e. The second-order valence-corrected chi connectivity index (χ2v) is 12.4. The fourth-order valence-corrected chi connectivity index (χ4v) is 6.20. The van der Waals surface area contributed by atoms with Gasteiger partial charge in [-0.3, -0.25) is 4.79 Å². The van der Waals surface area contributed by atoms with Crippen LogP contribution in [-0.2, 0) is 20.6 Å². The van der Waals surface area contributed by atoms with Crippen LogP contribution >= 0.6 is 22.6 Å². The molecule has 0 saturated carbocycles. The number of ketones is 1. The highest BCUT2D eigenvalue weighted by Crippen LogP contribution is 2.38. The predicted octanol–water partition coefficient (Wildman–Crippen LogP) is 4.86. The van der Waals surface area contributed by atoms with Gasteiger partial charge in [0.15, 0.2) is 18.0 Å². The molecular weight excluding hydrogens is 697 g/mol. The topological polar surface area (TPSA) is 168 Å². The molecule has 1 aliphatic heterocycles. The van der Waals surface area contributed by atoms with Gasteiger partial charge in [0, 0.05) is 28.2 Å². The smallest absolute Gasteiger partial charge is 0.404 e. The fourth-order valence-electron chi connectivity index (χ4n) is 5.56. The van der Waals surface area contributed by atoms with E-state index in [0.717, 1.165) is 14.7 Å². The molecule has 0 radical (unpaired) electrons. The minimum Gasteiger partial charge on any atom is -0.507 e. The summed E-state index contributed by atoms with van der Waals surface area (Å²) in [5.74, 6) is -0.587. The Morgan fingerprint density at radius 2 is 1.80 bits per heavy atom. The van der Waals surface area contributed by atoms with Gasteiger partial charge in [-0.15, -0.1) is 0 Å². The van der Waals surface area contributed by atoms with Crippen LogP contribution in [0, 0.1) is 10.5 Å². The van der Waals surface area contributed by atoms with Crippen molar-refractivity contribution in [2.24, 2.45) is 5.73 Å². The number of aliphatic hydroxyl groups is 1. The van der Waals surface area contributed by atoms with Crippen molar-refractivity contribution in [2.45, 2.75) is 57.4 Å². The van der Waals surface area contributed by atoms with Gasteiger partial charge in [-0.05, 0) is 78.8 Å². The molecular formula is C33H32INO10. The molecule has 45 heavy (non-hydrogen) atoms. The predicted molar refractivity (Wildman–Crippen MR) is 172 cm³/mol. The molecule has 12 heteroatoms. The van der Waals surface area contributed by atoms with Crippen LogP contribution in [0.1, 0.15) is 35.3 Å². The Morgan fingerprint density at radius 3 is 2.47 bits per heavy atom. The number of ether oxygens (including phenoxy) is 4. The van der Waals surface area contributed by atoms with Crippen LogP contribution in [0.3, 0.4) is 0 Å². The third kappa shape index (κ3) is 6.41. The first-order chi connectivity index (χ1) is 21.3. The number of hydrogen-bond acceptors (Lipinski definition) is 10. The maximum absolute atomic E-state index is 13.3. The number of aromatic hydroxyl groups is 1. The number of primary amides is 1. The second-order valence-electron chi connectivity index (χ2n) is 11.2. The van der Waals surface area contributed by atoms with E-state index in [-0.39, 0.29) is 40.2 Å². The lowest BCUT2D eigenvalue weighted by Crippen LogP contribution is -2.65. The Kier molecular flexibility index (Phi) is 9.21. The molecule has 4 atom stereocenters. The number of benzene rings is 3. The van der Waals surface area contributed by atoms with Crippen LogP contribution in [0.2, 0.25) is 0 Å². The summed E-state index contributed by atoms with van der Waals surface area (Å²) in [6.45, 7) is 4.94. The van der Waals surface area contributed by atoms with Crippen molar-refractivity contribution in [1.82, 2.24) is 0 Å². The van der Waals surface area contributed by atoms with Gasteiger partial charge in [0.25, 0.3) is 0 Å². The summed E-state index contributed by atoms with van der Waals surface area (Å²) in [6.07, 6.45) is -6.39. The van der Waals surface area contributed by atoms with Crippen molar-refractivity contribution >= 4 is 45.4 Å². The van der Waals surface area contributed by atoms with Crippen molar-refractivity contribution in [2.75, 3.05) is 7.11 Å². The molecule has 11 nitrogen and oxygen atoms in total. The van der Waals surface area contributed by atoms with E-state index < -0.39 is 41.9 Å². The lowest BCUT2D eigenvalue weighted by atomic mass is 9.89. The van der Waals surface area contributed by atoms with Gasteiger partial charge in [0.05, 0.1) is 16.6 Å². The summed E-state index contributed by atoms with van der Waals surface area (Å²) in [5, 5.41) is 22.3. The molecule has 2 heterocycles. The van der Waals surface area contributed by atoms with E-state index >= 15 is 0 Å². The average Bonchev–Trinajstić information content (AvgIpc) is 2.99.